The highest BCUT2D eigenvalue weighted by Gasteiger charge is 2.19. The monoisotopic (exact) mass is 333 g/mol. The van der Waals surface area contributed by atoms with Gasteiger partial charge < -0.3 is 4.74 Å². The fourth-order valence-corrected chi connectivity index (χ4v) is 2.88. The first kappa shape index (κ1) is 17.0. The van der Waals surface area contributed by atoms with Gasteiger partial charge in [-0.25, -0.2) is 13.1 Å². The summed E-state index contributed by atoms with van der Waals surface area (Å²) in [5, 5.41) is 0. The maximum Gasteiger partial charge on any atom is 0.264 e. The van der Waals surface area contributed by atoms with Crippen LogP contribution in [0.2, 0.25) is 0 Å². The molecule has 0 unspecified atom stereocenters. The van der Waals surface area contributed by atoms with E-state index in [0.29, 0.717) is 12.4 Å². The standard InChI is InChI=1S/C17H19NO4S/c1-13(2)17(19)18-23(20,21)16-10-8-15(9-11-16)22-12-14-6-4-3-5-7-14/h3-11,13H,12H2,1-2H3,(H,18,19). The van der Waals surface area contributed by atoms with E-state index in [-0.39, 0.29) is 4.90 Å². The Bertz CT molecular complexity index is 753. The lowest BCUT2D eigenvalue weighted by Gasteiger charge is -2.10. The van der Waals surface area contributed by atoms with Gasteiger partial charge in [0, 0.05) is 5.92 Å². The van der Waals surface area contributed by atoms with Gasteiger partial charge in [0.25, 0.3) is 10.0 Å². The third-order valence-electron chi connectivity index (χ3n) is 3.14. The van der Waals surface area contributed by atoms with E-state index >= 15 is 0 Å². The molecule has 0 heterocycles. The smallest absolute Gasteiger partial charge is 0.264 e. The van der Waals surface area contributed by atoms with Crippen LogP contribution in [0.4, 0.5) is 0 Å². The summed E-state index contributed by atoms with van der Waals surface area (Å²) in [4.78, 5) is 11.6. The van der Waals surface area contributed by atoms with Crippen LogP contribution >= 0.6 is 0 Å². The van der Waals surface area contributed by atoms with Crippen molar-refractivity contribution in [2.24, 2.45) is 5.92 Å². The van der Waals surface area contributed by atoms with E-state index in [1.54, 1.807) is 26.0 Å². The topological polar surface area (TPSA) is 72.5 Å². The number of sulfonamides is 1. The molecule has 0 aliphatic rings. The molecule has 1 N–H and O–H groups in total. The van der Waals surface area contributed by atoms with Gasteiger partial charge in [-0.05, 0) is 29.8 Å². The van der Waals surface area contributed by atoms with Crippen LogP contribution < -0.4 is 9.46 Å². The molecule has 0 aliphatic carbocycles. The molecular formula is C17H19NO4S. The van der Waals surface area contributed by atoms with E-state index in [1.807, 2.05) is 35.1 Å². The van der Waals surface area contributed by atoms with E-state index in [2.05, 4.69) is 0 Å². The van der Waals surface area contributed by atoms with Crippen molar-refractivity contribution in [2.75, 3.05) is 0 Å². The molecule has 23 heavy (non-hydrogen) atoms. The van der Waals surface area contributed by atoms with Crippen molar-refractivity contribution in [3.05, 3.63) is 60.2 Å². The fraction of sp³-hybridized carbons (Fsp3) is 0.235. The van der Waals surface area contributed by atoms with Crippen LogP contribution in [0.5, 0.6) is 5.75 Å². The van der Waals surface area contributed by atoms with Crippen molar-refractivity contribution >= 4 is 15.9 Å². The molecule has 0 fully saturated rings. The Hall–Kier alpha value is -2.34. The largest absolute Gasteiger partial charge is 0.489 e. The molecule has 0 saturated heterocycles. The molecule has 122 valence electrons. The first-order chi connectivity index (χ1) is 10.9. The van der Waals surface area contributed by atoms with E-state index < -0.39 is 21.8 Å². The van der Waals surface area contributed by atoms with E-state index in [1.165, 1.54) is 12.1 Å². The van der Waals surface area contributed by atoms with Crippen molar-refractivity contribution < 1.29 is 17.9 Å². The zero-order valence-corrected chi connectivity index (χ0v) is 13.8. The molecule has 0 spiro atoms. The van der Waals surface area contributed by atoms with Crippen LogP contribution in [0.25, 0.3) is 0 Å². The maximum absolute atomic E-state index is 12.1. The molecule has 6 heteroatoms. The van der Waals surface area contributed by atoms with Gasteiger partial charge in [0.05, 0.1) is 4.90 Å². The number of carbonyl (C=O) groups is 1. The average Bonchev–Trinajstić information content (AvgIpc) is 2.54. The lowest BCUT2D eigenvalue weighted by atomic mass is 10.2. The third kappa shape index (κ3) is 4.82. The molecule has 0 aromatic heterocycles. The highest BCUT2D eigenvalue weighted by atomic mass is 32.2. The van der Waals surface area contributed by atoms with Crippen molar-refractivity contribution in [2.45, 2.75) is 25.3 Å². The number of amides is 1. The predicted octanol–water partition coefficient (Wildman–Crippen LogP) is 2.73. The summed E-state index contributed by atoms with van der Waals surface area (Å²) in [5.41, 5.74) is 1.02. The second kappa shape index (κ2) is 7.28. The van der Waals surface area contributed by atoms with Crippen LogP contribution in [0.1, 0.15) is 19.4 Å². The quantitative estimate of drug-likeness (QED) is 0.882. The first-order valence-corrected chi connectivity index (χ1v) is 8.70. The third-order valence-corrected chi connectivity index (χ3v) is 4.50. The number of rotatable bonds is 6. The van der Waals surface area contributed by atoms with Crippen LogP contribution in [-0.2, 0) is 21.4 Å². The maximum atomic E-state index is 12.1. The summed E-state index contributed by atoms with van der Waals surface area (Å²) in [6.45, 7) is 3.66. The molecule has 1 amide bonds. The summed E-state index contributed by atoms with van der Waals surface area (Å²) < 4.78 is 31.8. The van der Waals surface area contributed by atoms with Crippen molar-refractivity contribution in [1.82, 2.24) is 4.72 Å². The van der Waals surface area contributed by atoms with Gasteiger partial charge in [-0.15, -0.1) is 0 Å². The molecule has 2 aromatic carbocycles. The van der Waals surface area contributed by atoms with Gasteiger partial charge >= 0.3 is 0 Å². The molecule has 0 bridgehead atoms. The lowest BCUT2D eigenvalue weighted by Crippen LogP contribution is -2.33. The number of hydrogen-bond donors (Lipinski definition) is 1. The Morgan fingerprint density at radius 3 is 2.22 bits per heavy atom. The summed E-state index contributed by atoms with van der Waals surface area (Å²) >= 11 is 0. The molecule has 0 radical (unpaired) electrons. The van der Waals surface area contributed by atoms with Crippen molar-refractivity contribution in [1.29, 1.82) is 0 Å². The number of hydrogen-bond acceptors (Lipinski definition) is 4. The minimum absolute atomic E-state index is 0.0264. The molecule has 2 rings (SSSR count). The molecule has 0 aliphatic heterocycles. The van der Waals surface area contributed by atoms with Crippen LogP contribution in [0, 0.1) is 5.92 Å². The van der Waals surface area contributed by atoms with Crippen molar-refractivity contribution in [3.63, 3.8) is 0 Å². The van der Waals surface area contributed by atoms with E-state index in [0.717, 1.165) is 5.56 Å². The number of carbonyl (C=O) groups excluding carboxylic acids is 1. The number of benzene rings is 2. The summed E-state index contributed by atoms with van der Waals surface area (Å²) in [6.07, 6.45) is 0. The normalized spacial score (nSPS) is 11.3. The van der Waals surface area contributed by atoms with Gasteiger partial charge in [-0.3, -0.25) is 4.79 Å². The van der Waals surface area contributed by atoms with Crippen LogP contribution in [-0.4, -0.2) is 14.3 Å². The van der Waals surface area contributed by atoms with Gasteiger partial charge in [-0.1, -0.05) is 44.2 Å². The lowest BCUT2D eigenvalue weighted by molar-refractivity contribution is -0.122. The minimum atomic E-state index is -3.84. The molecular weight excluding hydrogens is 314 g/mol. The average molecular weight is 333 g/mol. The van der Waals surface area contributed by atoms with Gasteiger partial charge in [0.1, 0.15) is 12.4 Å². The second-order valence-corrected chi connectivity index (χ2v) is 7.05. The molecule has 5 nitrogen and oxygen atoms in total. The SMILES string of the molecule is CC(C)C(=O)NS(=O)(=O)c1ccc(OCc2ccccc2)cc1. The Morgan fingerprint density at radius 1 is 1.04 bits per heavy atom. The van der Waals surface area contributed by atoms with E-state index in [9.17, 15) is 13.2 Å². The highest BCUT2D eigenvalue weighted by Crippen LogP contribution is 2.17. The predicted molar refractivity (Wildman–Crippen MR) is 87.4 cm³/mol. The van der Waals surface area contributed by atoms with Gasteiger partial charge in [0.2, 0.25) is 5.91 Å². The second-order valence-electron chi connectivity index (χ2n) is 5.37. The van der Waals surface area contributed by atoms with Crippen LogP contribution in [0.3, 0.4) is 0 Å². The number of nitrogens with one attached hydrogen (secondary N) is 1. The Labute approximate surface area is 136 Å². The Morgan fingerprint density at radius 2 is 1.65 bits per heavy atom. The molecule has 0 atom stereocenters. The molecule has 0 saturated carbocycles. The minimum Gasteiger partial charge on any atom is -0.489 e. The summed E-state index contributed by atoms with van der Waals surface area (Å²) in [5.74, 6) is -0.379. The molecule has 2 aromatic rings. The van der Waals surface area contributed by atoms with Gasteiger partial charge in [-0.2, -0.15) is 0 Å². The van der Waals surface area contributed by atoms with Crippen molar-refractivity contribution in [3.8, 4) is 5.75 Å². The highest BCUT2D eigenvalue weighted by molar-refractivity contribution is 7.90. The Balaban J connectivity index is 2.03. The zero-order chi connectivity index (χ0) is 16.9. The van der Waals surface area contributed by atoms with Crippen LogP contribution in [0.15, 0.2) is 59.5 Å². The first-order valence-electron chi connectivity index (χ1n) is 7.22. The fourth-order valence-electron chi connectivity index (χ4n) is 1.77. The zero-order valence-electron chi connectivity index (χ0n) is 13.0. The Kier molecular flexibility index (Phi) is 5.39. The summed E-state index contributed by atoms with van der Waals surface area (Å²) in [7, 11) is -3.84. The number of ether oxygens (including phenoxy) is 1. The van der Waals surface area contributed by atoms with E-state index in [4.69, 9.17) is 4.74 Å². The summed E-state index contributed by atoms with van der Waals surface area (Å²) in [6, 6.07) is 15.6. The van der Waals surface area contributed by atoms with Gasteiger partial charge in [0.15, 0.2) is 0 Å².